The number of primary amides is 1. The summed E-state index contributed by atoms with van der Waals surface area (Å²) in [5, 5.41) is 3.52. The zero-order valence-corrected chi connectivity index (χ0v) is 16.3. The summed E-state index contributed by atoms with van der Waals surface area (Å²) in [6.45, 7) is 0. The molecule has 0 unspecified atom stereocenters. The van der Waals surface area contributed by atoms with Crippen LogP contribution in [0.3, 0.4) is 0 Å². The molecule has 2 amide bonds. The molecule has 6 nitrogen and oxygen atoms in total. The first-order valence-electron chi connectivity index (χ1n) is 9.31. The number of hydrogen-bond donors (Lipinski definition) is 2. The van der Waals surface area contributed by atoms with Gasteiger partial charge in [0, 0.05) is 10.9 Å². The van der Waals surface area contributed by atoms with Crippen LogP contribution >= 0.6 is 0 Å². The van der Waals surface area contributed by atoms with E-state index < -0.39 is 5.91 Å². The van der Waals surface area contributed by atoms with Gasteiger partial charge < -0.3 is 15.8 Å². The lowest BCUT2D eigenvalue weighted by Crippen LogP contribution is -2.18. The number of para-hydroxylation sites is 2. The fraction of sp³-hybridized carbons (Fsp3) is 0.0417. The fourth-order valence-electron chi connectivity index (χ4n) is 3.27. The van der Waals surface area contributed by atoms with E-state index in [1.807, 2.05) is 48.5 Å². The second kappa shape index (κ2) is 8.05. The van der Waals surface area contributed by atoms with Crippen molar-refractivity contribution in [1.29, 1.82) is 0 Å². The van der Waals surface area contributed by atoms with Crippen LogP contribution in [0.4, 0.5) is 5.69 Å². The molecule has 148 valence electrons. The molecule has 4 aromatic rings. The van der Waals surface area contributed by atoms with Gasteiger partial charge in [-0.3, -0.25) is 9.59 Å². The van der Waals surface area contributed by atoms with Crippen molar-refractivity contribution in [3.63, 3.8) is 0 Å². The highest BCUT2D eigenvalue weighted by Gasteiger charge is 2.16. The first kappa shape index (κ1) is 19.1. The van der Waals surface area contributed by atoms with Crippen LogP contribution in [0.2, 0.25) is 0 Å². The minimum atomic E-state index is -0.607. The molecular formula is C24H19N3O3. The summed E-state index contributed by atoms with van der Waals surface area (Å²) in [5.41, 5.74) is 8.70. The maximum Gasteiger partial charge on any atom is 0.256 e. The number of carbonyl (C=O) groups excluding carboxylic acids is 2. The number of amides is 2. The van der Waals surface area contributed by atoms with Crippen molar-refractivity contribution in [2.24, 2.45) is 5.73 Å². The first-order chi connectivity index (χ1) is 14.6. The van der Waals surface area contributed by atoms with Crippen molar-refractivity contribution < 1.29 is 14.3 Å². The standard InChI is InChI=1S/C24H19N3O3/c1-30-16-12-10-15(11-13-16)22-14-19(17-6-2-4-8-20(17)26-22)24(29)27-21-9-5-3-7-18(21)23(25)28/h2-14H,1H3,(H2,25,28)(H,27,29). The van der Waals surface area contributed by atoms with E-state index in [9.17, 15) is 9.59 Å². The average molecular weight is 397 g/mol. The second-order valence-electron chi connectivity index (χ2n) is 6.66. The lowest BCUT2D eigenvalue weighted by molar-refractivity contribution is 0.100. The number of methoxy groups -OCH3 is 1. The average Bonchev–Trinajstić information content (AvgIpc) is 2.78. The van der Waals surface area contributed by atoms with Crippen molar-refractivity contribution in [1.82, 2.24) is 4.98 Å². The van der Waals surface area contributed by atoms with Gasteiger partial charge in [-0.25, -0.2) is 4.98 Å². The van der Waals surface area contributed by atoms with Gasteiger partial charge in [0.1, 0.15) is 5.75 Å². The molecule has 0 aliphatic heterocycles. The van der Waals surface area contributed by atoms with Crippen LogP contribution in [0.25, 0.3) is 22.2 Å². The van der Waals surface area contributed by atoms with Gasteiger partial charge in [-0.15, -0.1) is 0 Å². The Bertz CT molecular complexity index is 1250. The summed E-state index contributed by atoms with van der Waals surface area (Å²) in [6, 6.07) is 23.3. The third-order valence-electron chi connectivity index (χ3n) is 4.79. The number of nitrogens with two attached hydrogens (primary N) is 1. The smallest absolute Gasteiger partial charge is 0.256 e. The summed E-state index contributed by atoms with van der Waals surface area (Å²) in [5.74, 6) is -0.220. The highest BCUT2D eigenvalue weighted by molar-refractivity contribution is 6.14. The molecule has 3 N–H and O–H groups in total. The molecule has 0 fully saturated rings. The number of rotatable bonds is 5. The lowest BCUT2D eigenvalue weighted by Gasteiger charge is -2.12. The van der Waals surface area contributed by atoms with E-state index in [4.69, 9.17) is 15.5 Å². The van der Waals surface area contributed by atoms with Crippen LogP contribution in [0.5, 0.6) is 5.75 Å². The molecule has 6 heteroatoms. The molecule has 0 bridgehead atoms. The van der Waals surface area contributed by atoms with Crippen LogP contribution in [0.1, 0.15) is 20.7 Å². The van der Waals surface area contributed by atoms with Gasteiger partial charge in [-0.1, -0.05) is 30.3 Å². The number of fused-ring (bicyclic) bond motifs is 1. The number of hydrogen-bond acceptors (Lipinski definition) is 4. The summed E-state index contributed by atoms with van der Waals surface area (Å²) >= 11 is 0. The summed E-state index contributed by atoms with van der Waals surface area (Å²) in [7, 11) is 1.61. The van der Waals surface area contributed by atoms with Crippen LogP contribution in [0.15, 0.2) is 78.9 Å². The molecule has 30 heavy (non-hydrogen) atoms. The number of aromatic nitrogens is 1. The van der Waals surface area contributed by atoms with Crippen molar-refractivity contribution in [2.45, 2.75) is 0 Å². The Morgan fingerprint density at radius 2 is 1.60 bits per heavy atom. The number of nitrogens with one attached hydrogen (secondary N) is 1. The zero-order chi connectivity index (χ0) is 21.1. The predicted octanol–water partition coefficient (Wildman–Crippen LogP) is 4.26. The predicted molar refractivity (Wildman–Crippen MR) is 117 cm³/mol. The van der Waals surface area contributed by atoms with E-state index in [2.05, 4.69) is 5.32 Å². The van der Waals surface area contributed by atoms with E-state index in [1.165, 1.54) is 0 Å². The molecule has 1 heterocycles. The SMILES string of the molecule is COc1ccc(-c2cc(C(=O)Nc3ccccc3C(N)=O)c3ccccc3n2)cc1. The Morgan fingerprint density at radius 1 is 0.900 bits per heavy atom. The van der Waals surface area contributed by atoms with Crippen molar-refractivity contribution in [3.05, 3.63) is 90.0 Å². The van der Waals surface area contributed by atoms with E-state index in [0.717, 1.165) is 11.3 Å². The largest absolute Gasteiger partial charge is 0.497 e. The molecular weight excluding hydrogens is 378 g/mol. The Morgan fingerprint density at radius 3 is 2.33 bits per heavy atom. The van der Waals surface area contributed by atoms with E-state index in [0.29, 0.717) is 27.8 Å². The molecule has 0 saturated carbocycles. The van der Waals surface area contributed by atoms with Crippen LogP contribution in [0, 0.1) is 0 Å². The summed E-state index contributed by atoms with van der Waals surface area (Å²) < 4.78 is 5.21. The number of nitrogens with zero attached hydrogens (tertiary/aromatic N) is 1. The molecule has 4 rings (SSSR count). The Kier molecular flexibility index (Phi) is 5.13. The molecule has 0 aliphatic rings. The molecule has 0 spiro atoms. The Hall–Kier alpha value is -4.19. The van der Waals surface area contributed by atoms with Gasteiger partial charge in [-0.05, 0) is 48.5 Å². The van der Waals surface area contributed by atoms with E-state index >= 15 is 0 Å². The lowest BCUT2D eigenvalue weighted by atomic mass is 10.0. The van der Waals surface area contributed by atoms with Crippen molar-refractivity contribution in [3.8, 4) is 17.0 Å². The number of anilines is 1. The minimum Gasteiger partial charge on any atom is -0.497 e. The normalized spacial score (nSPS) is 10.6. The number of pyridine rings is 1. The summed E-state index contributed by atoms with van der Waals surface area (Å²) in [6.07, 6.45) is 0. The van der Waals surface area contributed by atoms with E-state index in [1.54, 1.807) is 37.4 Å². The minimum absolute atomic E-state index is 0.250. The Labute approximate surface area is 173 Å². The van der Waals surface area contributed by atoms with Gasteiger partial charge in [0.2, 0.25) is 0 Å². The van der Waals surface area contributed by atoms with Crippen LogP contribution in [-0.2, 0) is 0 Å². The maximum atomic E-state index is 13.2. The first-order valence-corrected chi connectivity index (χ1v) is 9.31. The molecule has 0 aliphatic carbocycles. The third-order valence-corrected chi connectivity index (χ3v) is 4.79. The van der Waals surface area contributed by atoms with Gasteiger partial charge in [-0.2, -0.15) is 0 Å². The fourth-order valence-corrected chi connectivity index (χ4v) is 3.27. The molecule has 0 saturated heterocycles. The molecule has 1 aromatic heterocycles. The van der Waals surface area contributed by atoms with Crippen molar-refractivity contribution in [2.75, 3.05) is 12.4 Å². The zero-order valence-electron chi connectivity index (χ0n) is 16.3. The van der Waals surface area contributed by atoms with Crippen LogP contribution in [-0.4, -0.2) is 23.9 Å². The molecule has 0 atom stereocenters. The third kappa shape index (κ3) is 3.71. The highest BCUT2D eigenvalue weighted by atomic mass is 16.5. The van der Waals surface area contributed by atoms with Gasteiger partial charge in [0.25, 0.3) is 11.8 Å². The number of carbonyl (C=O) groups is 2. The van der Waals surface area contributed by atoms with Crippen molar-refractivity contribution >= 4 is 28.4 Å². The Balaban J connectivity index is 1.79. The van der Waals surface area contributed by atoms with Gasteiger partial charge >= 0.3 is 0 Å². The van der Waals surface area contributed by atoms with Crippen LogP contribution < -0.4 is 15.8 Å². The van der Waals surface area contributed by atoms with Gasteiger partial charge in [0.15, 0.2) is 0 Å². The monoisotopic (exact) mass is 397 g/mol. The quantitative estimate of drug-likeness (QED) is 0.526. The highest BCUT2D eigenvalue weighted by Crippen LogP contribution is 2.27. The second-order valence-corrected chi connectivity index (χ2v) is 6.66. The molecule has 0 radical (unpaired) electrons. The van der Waals surface area contributed by atoms with Gasteiger partial charge in [0.05, 0.1) is 35.1 Å². The summed E-state index contributed by atoms with van der Waals surface area (Å²) in [4.78, 5) is 29.6. The number of benzene rings is 3. The van der Waals surface area contributed by atoms with E-state index in [-0.39, 0.29) is 11.5 Å². The maximum absolute atomic E-state index is 13.2. The number of ether oxygens (including phenoxy) is 1. The topological polar surface area (TPSA) is 94.3 Å². The molecule has 3 aromatic carbocycles.